The standard InChI is InChI=1S/C22H35N3O2/c1-5-16(2)23-21(26)17(3)24-22(27)18(4)25-13-11-20(12-14-25)15-19-9-7-6-8-10-19/h6-10,16-18,20H,5,11-15H2,1-4H3,(H,23,26)(H,24,27). The Kier molecular flexibility index (Phi) is 8.29. The van der Waals surface area contributed by atoms with E-state index in [1.165, 1.54) is 5.56 Å². The molecule has 2 N–H and O–H groups in total. The van der Waals surface area contributed by atoms with Crippen LogP contribution in [0.1, 0.15) is 52.5 Å². The first-order valence-corrected chi connectivity index (χ1v) is 10.3. The van der Waals surface area contributed by atoms with Crippen LogP contribution in [0.4, 0.5) is 0 Å². The van der Waals surface area contributed by atoms with Crippen molar-refractivity contribution in [1.29, 1.82) is 0 Å². The maximum atomic E-state index is 12.6. The van der Waals surface area contributed by atoms with Crippen LogP contribution in [0.25, 0.3) is 0 Å². The summed E-state index contributed by atoms with van der Waals surface area (Å²) in [6.45, 7) is 9.53. The predicted octanol–water partition coefficient (Wildman–Crippen LogP) is 2.75. The number of nitrogens with one attached hydrogen (secondary N) is 2. The van der Waals surface area contributed by atoms with Gasteiger partial charge in [-0.25, -0.2) is 0 Å². The largest absolute Gasteiger partial charge is 0.352 e. The summed E-state index contributed by atoms with van der Waals surface area (Å²) >= 11 is 0. The Morgan fingerprint density at radius 2 is 1.67 bits per heavy atom. The molecule has 3 unspecified atom stereocenters. The normalized spacial score (nSPS) is 19.1. The molecule has 1 saturated heterocycles. The molecule has 3 atom stereocenters. The van der Waals surface area contributed by atoms with E-state index in [2.05, 4.69) is 45.9 Å². The van der Waals surface area contributed by atoms with E-state index in [0.717, 1.165) is 38.8 Å². The number of rotatable bonds is 8. The molecule has 0 aromatic heterocycles. The molecule has 5 nitrogen and oxygen atoms in total. The van der Waals surface area contributed by atoms with Gasteiger partial charge in [0, 0.05) is 6.04 Å². The third kappa shape index (κ3) is 6.65. The zero-order valence-corrected chi connectivity index (χ0v) is 17.2. The van der Waals surface area contributed by atoms with E-state index in [4.69, 9.17) is 0 Å². The number of benzene rings is 1. The zero-order valence-electron chi connectivity index (χ0n) is 17.2. The average Bonchev–Trinajstić information content (AvgIpc) is 2.68. The number of hydrogen-bond acceptors (Lipinski definition) is 3. The first-order valence-electron chi connectivity index (χ1n) is 10.3. The van der Waals surface area contributed by atoms with Crippen molar-refractivity contribution in [2.45, 2.75) is 71.5 Å². The molecule has 27 heavy (non-hydrogen) atoms. The fourth-order valence-electron chi connectivity index (χ4n) is 3.53. The fraction of sp³-hybridized carbons (Fsp3) is 0.636. The molecule has 0 saturated carbocycles. The van der Waals surface area contributed by atoms with Gasteiger partial charge >= 0.3 is 0 Å². The third-order valence-electron chi connectivity index (χ3n) is 5.70. The van der Waals surface area contributed by atoms with Crippen molar-refractivity contribution in [3.63, 3.8) is 0 Å². The topological polar surface area (TPSA) is 61.4 Å². The minimum absolute atomic E-state index is 0.0664. The molecular formula is C22H35N3O2. The van der Waals surface area contributed by atoms with Crippen LogP contribution in [-0.4, -0.2) is 47.9 Å². The van der Waals surface area contributed by atoms with Crippen LogP contribution in [0.5, 0.6) is 0 Å². The summed E-state index contributed by atoms with van der Waals surface area (Å²) in [5, 5.41) is 5.78. The molecule has 1 aromatic rings. The van der Waals surface area contributed by atoms with Gasteiger partial charge in [0.2, 0.25) is 11.8 Å². The minimum Gasteiger partial charge on any atom is -0.352 e. The van der Waals surface area contributed by atoms with Gasteiger partial charge in [0.25, 0.3) is 0 Å². The lowest BCUT2D eigenvalue weighted by atomic mass is 9.89. The lowest BCUT2D eigenvalue weighted by Crippen LogP contribution is -2.53. The van der Waals surface area contributed by atoms with E-state index >= 15 is 0 Å². The molecule has 1 heterocycles. The Morgan fingerprint density at radius 1 is 1.04 bits per heavy atom. The summed E-state index contributed by atoms with van der Waals surface area (Å²) in [5.41, 5.74) is 1.39. The second-order valence-corrected chi connectivity index (χ2v) is 7.89. The van der Waals surface area contributed by atoms with Gasteiger partial charge in [-0.05, 0) is 71.0 Å². The number of carbonyl (C=O) groups is 2. The van der Waals surface area contributed by atoms with Gasteiger partial charge in [-0.1, -0.05) is 37.3 Å². The Hall–Kier alpha value is -1.88. The molecule has 1 aromatic carbocycles. The fourth-order valence-corrected chi connectivity index (χ4v) is 3.53. The Labute approximate surface area is 163 Å². The Bertz CT molecular complexity index is 597. The highest BCUT2D eigenvalue weighted by Crippen LogP contribution is 2.23. The van der Waals surface area contributed by atoms with E-state index in [0.29, 0.717) is 5.92 Å². The average molecular weight is 374 g/mol. The molecule has 1 fully saturated rings. The van der Waals surface area contributed by atoms with E-state index in [-0.39, 0.29) is 23.9 Å². The number of carbonyl (C=O) groups excluding carboxylic acids is 2. The molecule has 2 amide bonds. The van der Waals surface area contributed by atoms with E-state index < -0.39 is 6.04 Å². The summed E-state index contributed by atoms with van der Waals surface area (Å²) < 4.78 is 0. The lowest BCUT2D eigenvalue weighted by molar-refractivity contribution is -0.131. The first kappa shape index (κ1) is 21.4. The SMILES string of the molecule is CCC(C)NC(=O)C(C)NC(=O)C(C)N1CCC(Cc2ccccc2)CC1. The van der Waals surface area contributed by atoms with Crippen LogP contribution in [-0.2, 0) is 16.0 Å². The van der Waals surface area contributed by atoms with Crippen molar-refractivity contribution in [2.24, 2.45) is 5.92 Å². The van der Waals surface area contributed by atoms with Crippen LogP contribution in [0.2, 0.25) is 0 Å². The van der Waals surface area contributed by atoms with Gasteiger partial charge in [-0.15, -0.1) is 0 Å². The Balaban J connectivity index is 1.76. The maximum Gasteiger partial charge on any atom is 0.242 e. The molecule has 5 heteroatoms. The number of nitrogens with zero attached hydrogens (tertiary/aromatic N) is 1. The van der Waals surface area contributed by atoms with E-state index in [1.807, 2.05) is 20.8 Å². The van der Waals surface area contributed by atoms with E-state index in [1.54, 1.807) is 6.92 Å². The highest BCUT2D eigenvalue weighted by Gasteiger charge is 2.28. The molecule has 0 bridgehead atoms. The van der Waals surface area contributed by atoms with Crippen molar-refractivity contribution < 1.29 is 9.59 Å². The van der Waals surface area contributed by atoms with Crippen LogP contribution in [0, 0.1) is 5.92 Å². The second-order valence-electron chi connectivity index (χ2n) is 7.89. The van der Waals surface area contributed by atoms with Gasteiger partial charge in [0.15, 0.2) is 0 Å². The number of hydrogen-bond donors (Lipinski definition) is 2. The quantitative estimate of drug-likeness (QED) is 0.737. The summed E-state index contributed by atoms with van der Waals surface area (Å²) in [7, 11) is 0. The second kappa shape index (κ2) is 10.5. The molecule has 1 aliphatic heterocycles. The van der Waals surface area contributed by atoms with Gasteiger partial charge in [0.05, 0.1) is 6.04 Å². The molecule has 0 spiro atoms. The number of likely N-dealkylation sites (tertiary alicyclic amines) is 1. The number of amides is 2. The van der Waals surface area contributed by atoms with Crippen LogP contribution in [0.15, 0.2) is 30.3 Å². The molecule has 0 radical (unpaired) electrons. The molecule has 0 aliphatic carbocycles. The van der Waals surface area contributed by atoms with Crippen LogP contribution >= 0.6 is 0 Å². The smallest absolute Gasteiger partial charge is 0.242 e. The van der Waals surface area contributed by atoms with Crippen molar-refractivity contribution in [3.05, 3.63) is 35.9 Å². The third-order valence-corrected chi connectivity index (χ3v) is 5.70. The van der Waals surface area contributed by atoms with Gasteiger partial charge in [0.1, 0.15) is 6.04 Å². The van der Waals surface area contributed by atoms with Gasteiger partial charge in [-0.2, -0.15) is 0 Å². The van der Waals surface area contributed by atoms with Gasteiger partial charge in [-0.3, -0.25) is 14.5 Å². The monoisotopic (exact) mass is 373 g/mol. The maximum absolute atomic E-state index is 12.6. The minimum atomic E-state index is -0.510. The molecular weight excluding hydrogens is 338 g/mol. The van der Waals surface area contributed by atoms with Crippen molar-refractivity contribution in [2.75, 3.05) is 13.1 Å². The highest BCUT2D eigenvalue weighted by molar-refractivity contribution is 5.89. The molecule has 1 aliphatic rings. The molecule has 2 rings (SSSR count). The predicted molar refractivity (Wildman–Crippen MR) is 109 cm³/mol. The van der Waals surface area contributed by atoms with Crippen molar-refractivity contribution in [3.8, 4) is 0 Å². The van der Waals surface area contributed by atoms with Crippen LogP contribution in [0.3, 0.4) is 0 Å². The summed E-state index contributed by atoms with van der Waals surface area (Å²) in [6.07, 6.45) is 4.20. The summed E-state index contributed by atoms with van der Waals surface area (Å²) in [6, 6.07) is 10.0. The Morgan fingerprint density at radius 3 is 2.26 bits per heavy atom. The highest BCUT2D eigenvalue weighted by atomic mass is 16.2. The van der Waals surface area contributed by atoms with Crippen molar-refractivity contribution in [1.82, 2.24) is 15.5 Å². The zero-order chi connectivity index (χ0) is 19.8. The summed E-state index contributed by atoms with van der Waals surface area (Å²) in [5.74, 6) is 0.494. The summed E-state index contributed by atoms with van der Waals surface area (Å²) in [4.78, 5) is 26.9. The lowest BCUT2D eigenvalue weighted by Gasteiger charge is -2.35. The first-order chi connectivity index (χ1) is 12.9. The van der Waals surface area contributed by atoms with Crippen molar-refractivity contribution >= 4 is 11.8 Å². The van der Waals surface area contributed by atoms with E-state index in [9.17, 15) is 9.59 Å². The van der Waals surface area contributed by atoms with Gasteiger partial charge < -0.3 is 10.6 Å². The molecule has 150 valence electrons. The van der Waals surface area contributed by atoms with Crippen LogP contribution < -0.4 is 10.6 Å². The number of piperidine rings is 1.